The number of phenolic OH excluding ortho intramolecular Hbond substituents is 1. The predicted molar refractivity (Wildman–Crippen MR) is 146 cm³/mol. The third kappa shape index (κ3) is 11.4. The molecule has 2 unspecified atom stereocenters. The van der Waals surface area contributed by atoms with E-state index in [0.717, 1.165) is 12.8 Å². The Morgan fingerprint density at radius 2 is 1.71 bits per heavy atom. The van der Waals surface area contributed by atoms with Crippen molar-refractivity contribution in [2.24, 2.45) is 5.73 Å². The molecule has 2 atom stereocenters. The number of rotatable bonds is 12. The Labute approximate surface area is 226 Å². The summed E-state index contributed by atoms with van der Waals surface area (Å²) in [6, 6.07) is 2.56. The number of benzene rings is 1. The molecule has 0 aromatic heterocycles. The molecular formula is C28H46N4O6. The largest absolute Gasteiger partial charge is 0.508 e. The summed E-state index contributed by atoms with van der Waals surface area (Å²) in [7, 11) is 0. The van der Waals surface area contributed by atoms with Gasteiger partial charge in [-0.25, -0.2) is 4.79 Å². The molecule has 0 bridgehead atoms. The highest BCUT2D eigenvalue weighted by Gasteiger charge is 2.37. The van der Waals surface area contributed by atoms with E-state index in [0.29, 0.717) is 17.5 Å². The van der Waals surface area contributed by atoms with Crippen molar-refractivity contribution in [1.82, 2.24) is 15.5 Å². The molecule has 10 nitrogen and oxygen atoms in total. The number of amides is 4. The molecule has 1 rings (SSSR count). The van der Waals surface area contributed by atoms with Gasteiger partial charge in [-0.2, -0.15) is 0 Å². The lowest BCUT2D eigenvalue weighted by molar-refractivity contribution is -0.143. The van der Waals surface area contributed by atoms with Crippen LogP contribution in [0.15, 0.2) is 18.2 Å². The Morgan fingerprint density at radius 3 is 2.21 bits per heavy atom. The van der Waals surface area contributed by atoms with Crippen LogP contribution in [0.2, 0.25) is 0 Å². The fourth-order valence-corrected chi connectivity index (χ4v) is 3.85. The second kappa shape index (κ2) is 14.0. The number of alkyl carbamates (subject to hydrolysis) is 1. The van der Waals surface area contributed by atoms with Gasteiger partial charge in [0.1, 0.15) is 23.4 Å². The SMILES string of the molecule is CCCCCN(C(=O)C(CCC(N)=O)NC(=O)OC(C)(C)C)C(C(=O)NC(C)(C)C)c1ccc(O)c(C)c1. The lowest BCUT2D eigenvalue weighted by atomic mass is 9.97. The van der Waals surface area contributed by atoms with Crippen LogP contribution in [0.5, 0.6) is 5.75 Å². The van der Waals surface area contributed by atoms with Crippen LogP contribution in [0.25, 0.3) is 0 Å². The smallest absolute Gasteiger partial charge is 0.408 e. The van der Waals surface area contributed by atoms with Crippen molar-refractivity contribution in [3.63, 3.8) is 0 Å². The van der Waals surface area contributed by atoms with E-state index in [1.807, 2.05) is 27.7 Å². The Bertz CT molecular complexity index is 981. The first-order valence-electron chi connectivity index (χ1n) is 13.1. The highest BCUT2D eigenvalue weighted by molar-refractivity contribution is 5.92. The quantitative estimate of drug-likeness (QED) is 0.299. The van der Waals surface area contributed by atoms with Crippen molar-refractivity contribution in [3.05, 3.63) is 29.3 Å². The minimum absolute atomic E-state index is 0.0557. The van der Waals surface area contributed by atoms with Gasteiger partial charge >= 0.3 is 6.09 Å². The Balaban J connectivity index is 3.59. The van der Waals surface area contributed by atoms with Crippen LogP contribution in [0.4, 0.5) is 4.79 Å². The first kappa shape index (κ1) is 32.7. The van der Waals surface area contributed by atoms with Crippen LogP contribution < -0.4 is 16.4 Å². The number of nitrogens with zero attached hydrogens (tertiary/aromatic N) is 1. The molecule has 0 spiro atoms. The number of ether oxygens (including phenoxy) is 1. The zero-order valence-electron chi connectivity index (χ0n) is 24.1. The van der Waals surface area contributed by atoms with Gasteiger partial charge in [-0.05, 0) is 84.6 Å². The van der Waals surface area contributed by atoms with Crippen molar-refractivity contribution < 1.29 is 29.0 Å². The number of hydrogen-bond donors (Lipinski definition) is 4. The van der Waals surface area contributed by atoms with Gasteiger partial charge < -0.3 is 31.1 Å². The average molecular weight is 535 g/mol. The van der Waals surface area contributed by atoms with Crippen LogP contribution in [0.1, 0.15) is 97.7 Å². The van der Waals surface area contributed by atoms with Gasteiger partial charge in [0.05, 0.1) is 0 Å². The molecule has 10 heteroatoms. The van der Waals surface area contributed by atoms with Crippen molar-refractivity contribution >= 4 is 23.8 Å². The summed E-state index contributed by atoms with van der Waals surface area (Å²) in [5.41, 5.74) is 5.03. The van der Waals surface area contributed by atoms with Gasteiger partial charge in [0, 0.05) is 18.5 Å². The number of nitrogens with one attached hydrogen (secondary N) is 2. The van der Waals surface area contributed by atoms with Gasteiger partial charge in [-0.3, -0.25) is 14.4 Å². The van der Waals surface area contributed by atoms with E-state index in [-0.39, 0.29) is 25.1 Å². The molecule has 1 aromatic carbocycles. The Morgan fingerprint density at radius 1 is 1.08 bits per heavy atom. The number of unbranched alkanes of at least 4 members (excludes halogenated alkanes) is 2. The number of phenols is 1. The molecule has 5 N–H and O–H groups in total. The molecule has 0 aliphatic heterocycles. The Hall–Kier alpha value is -3.30. The van der Waals surface area contributed by atoms with Gasteiger partial charge in [-0.15, -0.1) is 0 Å². The number of primary amides is 1. The van der Waals surface area contributed by atoms with Gasteiger partial charge in [0.2, 0.25) is 17.7 Å². The number of hydrogen-bond acceptors (Lipinski definition) is 6. The first-order valence-corrected chi connectivity index (χ1v) is 13.1. The van der Waals surface area contributed by atoms with E-state index < -0.39 is 47.0 Å². The fourth-order valence-electron chi connectivity index (χ4n) is 3.85. The normalized spacial score (nSPS) is 13.3. The maximum absolute atomic E-state index is 14.1. The van der Waals surface area contributed by atoms with Gasteiger partial charge in [-0.1, -0.05) is 25.8 Å². The molecule has 0 fully saturated rings. The standard InChI is InChI=1S/C28H46N4O6/c1-9-10-11-16-32(25(36)20(13-15-22(29)34)30-26(37)38-28(6,7)8)23(24(35)31-27(3,4)5)19-12-14-21(33)18(2)17-19/h12,14,17,20,23,33H,9-11,13,15-16H2,1-8H3,(H2,29,34)(H,30,37)(H,31,35). The summed E-state index contributed by atoms with van der Waals surface area (Å²) in [6.45, 7) is 14.6. The van der Waals surface area contributed by atoms with Crippen LogP contribution >= 0.6 is 0 Å². The molecule has 214 valence electrons. The van der Waals surface area contributed by atoms with E-state index in [4.69, 9.17) is 10.5 Å². The van der Waals surface area contributed by atoms with Crippen LogP contribution in [-0.2, 0) is 19.1 Å². The number of carbonyl (C=O) groups excluding carboxylic acids is 4. The fraction of sp³-hybridized carbons (Fsp3) is 0.643. The molecular weight excluding hydrogens is 488 g/mol. The van der Waals surface area contributed by atoms with E-state index >= 15 is 0 Å². The molecule has 0 saturated carbocycles. The summed E-state index contributed by atoms with van der Waals surface area (Å²) in [5.74, 6) is -1.49. The molecule has 38 heavy (non-hydrogen) atoms. The number of aryl methyl sites for hydroxylation is 1. The highest BCUT2D eigenvalue weighted by Crippen LogP contribution is 2.28. The van der Waals surface area contributed by atoms with Crippen molar-refractivity contribution in [1.29, 1.82) is 0 Å². The monoisotopic (exact) mass is 534 g/mol. The minimum atomic E-state index is -1.15. The zero-order chi connectivity index (χ0) is 29.3. The second-order valence-electron chi connectivity index (χ2n) is 11.6. The summed E-state index contributed by atoms with van der Waals surface area (Å²) in [5, 5.41) is 15.6. The maximum atomic E-state index is 14.1. The molecule has 0 heterocycles. The van der Waals surface area contributed by atoms with Crippen LogP contribution in [0.3, 0.4) is 0 Å². The second-order valence-corrected chi connectivity index (χ2v) is 11.6. The minimum Gasteiger partial charge on any atom is -0.508 e. The lowest BCUT2D eigenvalue weighted by Gasteiger charge is -2.36. The van der Waals surface area contributed by atoms with E-state index in [2.05, 4.69) is 10.6 Å². The molecule has 1 aromatic rings. The van der Waals surface area contributed by atoms with Crippen LogP contribution in [-0.4, -0.2) is 57.5 Å². The van der Waals surface area contributed by atoms with Crippen LogP contribution in [0, 0.1) is 6.92 Å². The molecule has 0 aliphatic carbocycles. The summed E-state index contributed by atoms with van der Waals surface area (Å²) < 4.78 is 5.35. The van der Waals surface area contributed by atoms with Crippen molar-refractivity contribution in [3.8, 4) is 5.75 Å². The van der Waals surface area contributed by atoms with Gasteiger partial charge in [0.15, 0.2) is 0 Å². The number of carbonyl (C=O) groups is 4. The van der Waals surface area contributed by atoms with E-state index in [1.165, 1.54) is 11.0 Å². The third-order valence-electron chi connectivity index (χ3n) is 5.55. The first-order chi connectivity index (χ1) is 17.4. The van der Waals surface area contributed by atoms with E-state index in [1.54, 1.807) is 39.8 Å². The van der Waals surface area contributed by atoms with E-state index in [9.17, 15) is 24.3 Å². The lowest BCUT2D eigenvalue weighted by Crippen LogP contribution is -2.55. The predicted octanol–water partition coefficient (Wildman–Crippen LogP) is 3.83. The Kier molecular flexibility index (Phi) is 12.1. The molecule has 0 saturated heterocycles. The molecule has 4 amide bonds. The average Bonchev–Trinajstić information content (AvgIpc) is 2.75. The van der Waals surface area contributed by atoms with Gasteiger partial charge in [0.25, 0.3) is 0 Å². The van der Waals surface area contributed by atoms with Crippen molar-refractivity contribution in [2.75, 3.05) is 6.54 Å². The number of nitrogens with two attached hydrogens (primary N) is 1. The molecule has 0 aliphatic rings. The highest BCUT2D eigenvalue weighted by atomic mass is 16.6. The zero-order valence-corrected chi connectivity index (χ0v) is 24.1. The third-order valence-corrected chi connectivity index (χ3v) is 5.55. The summed E-state index contributed by atoms with van der Waals surface area (Å²) in [4.78, 5) is 53.4. The molecule has 0 radical (unpaired) electrons. The van der Waals surface area contributed by atoms with Crippen molar-refractivity contribution in [2.45, 2.75) is 111 Å². The number of aromatic hydroxyl groups is 1. The topological polar surface area (TPSA) is 151 Å². The summed E-state index contributed by atoms with van der Waals surface area (Å²) in [6.07, 6.45) is 1.31. The maximum Gasteiger partial charge on any atom is 0.408 e. The summed E-state index contributed by atoms with van der Waals surface area (Å²) >= 11 is 0.